The third kappa shape index (κ3) is 4.20. The quantitative estimate of drug-likeness (QED) is 0.810. The highest BCUT2D eigenvalue weighted by Gasteiger charge is 2.32. The maximum absolute atomic E-state index is 9.40. The zero-order valence-electron chi connectivity index (χ0n) is 13.3. The lowest BCUT2D eigenvalue weighted by atomic mass is 9.75. The number of nitrogens with one attached hydrogen (secondary N) is 1. The summed E-state index contributed by atoms with van der Waals surface area (Å²) in [6, 6.07) is 2.47. The van der Waals surface area contributed by atoms with Crippen molar-refractivity contribution < 1.29 is 0 Å². The average molecular weight is 277 g/mol. The van der Waals surface area contributed by atoms with Crippen molar-refractivity contribution in [3.8, 4) is 6.07 Å². The van der Waals surface area contributed by atoms with Crippen LogP contribution in [0.1, 0.15) is 58.8 Å². The zero-order valence-corrected chi connectivity index (χ0v) is 13.3. The molecule has 1 saturated heterocycles. The second-order valence-electron chi connectivity index (χ2n) is 7.01. The van der Waals surface area contributed by atoms with E-state index in [4.69, 9.17) is 0 Å². The molecule has 1 saturated carbocycles. The molecule has 1 aliphatic carbocycles. The van der Waals surface area contributed by atoms with Gasteiger partial charge in [0.25, 0.3) is 0 Å². The molecule has 2 rings (SSSR count). The van der Waals surface area contributed by atoms with E-state index >= 15 is 0 Å². The van der Waals surface area contributed by atoms with E-state index in [-0.39, 0.29) is 5.54 Å². The molecule has 0 radical (unpaired) electrons. The van der Waals surface area contributed by atoms with Crippen molar-refractivity contribution in [3.63, 3.8) is 0 Å². The lowest BCUT2D eigenvalue weighted by Crippen LogP contribution is -2.47. The third-order valence-electron chi connectivity index (χ3n) is 5.32. The van der Waals surface area contributed by atoms with E-state index in [0.717, 1.165) is 37.8 Å². The summed E-state index contributed by atoms with van der Waals surface area (Å²) in [6.07, 6.45) is 9.21. The summed E-state index contributed by atoms with van der Waals surface area (Å²) in [4.78, 5) is 2.61. The number of hydrogen-bond donors (Lipinski definition) is 1. The first-order valence-electron chi connectivity index (χ1n) is 8.55. The van der Waals surface area contributed by atoms with E-state index in [1.54, 1.807) is 0 Å². The van der Waals surface area contributed by atoms with Crippen LogP contribution in [0.5, 0.6) is 0 Å². The van der Waals surface area contributed by atoms with E-state index < -0.39 is 0 Å². The van der Waals surface area contributed by atoms with Crippen LogP contribution in [0.15, 0.2) is 0 Å². The molecule has 3 unspecified atom stereocenters. The van der Waals surface area contributed by atoms with Crippen molar-refractivity contribution in [2.24, 2.45) is 11.8 Å². The molecule has 3 atom stereocenters. The normalized spacial score (nSPS) is 30.2. The van der Waals surface area contributed by atoms with Crippen LogP contribution in [0, 0.1) is 23.2 Å². The lowest BCUT2D eigenvalue weighted by Gasteiger charge is -2.42. The summed E-state index contributed by atoms with van der Waals surface area (Å²) in [5.41, 5.74) is -0.348. The minimum absolute atomic E-state index is 0.348. The van der Waals surface area contributed by atoms with Gasteiger partial charge in [-0.3, -0.25) is 5.32 Å². The number of rotatable bonds is 6. The fourth-order valence-corrected chi connectivity index (χ4v) is 3.85. The van der Waals surface area contributed by atoms with Crippen molar-refractivity contribution in [1.29, 1.82) is 5.26 Å². The fourth-order valence-electron chi connectivity index (χ4n) is 3.85. The molecule has 20 heavy (non-hydrogen) atoms. The molecule has 0 aromatic carbocycles. The number of nitrogens with zero attached hydrogens (tertiary/aromatic N) is 2. The Labute approximate surface area is 124 Å². The number of hydrogen-bond acceptors (Lipinski definition) is 3. The van der Waals surface area contributed by atoms with E-state index in [1.165, 1.54) is 45.2 Å². The van der Waals surface area contributed by atoms with Crippen LogP contribution in [-0.2, 0) is 0 Å². The molecule has 1 heterocycles. The monoisotopic (exact) mass is 277 g/mol. The molecule has 0 bridgehead atoms. The highest BCUT2D eigenvalue weighted by Crippen LogP contribution is 2.36. The minimum atomic E-state index is -0.348. The molecule has 3 heteroatoms. The standard InChI is InChI=1S/C17H31N3/c1-3-10-19-17(2,14-18)9-12-20-11-8-15-6-4-5-7-16(15)13-20/h15-16,19H,3-13H2,1-2H3. The maximum atomic E-state index is 9.40. The SMILES string of the molecule is CCCNC(C)(C#N)CCN1CCC2CCCCC2C1. The van der Waals surface area contributed by atoms with Crippen LogP contribution >= 0.6 is 0 Å². The van der Waals surface area contributed by atoms with Gasteiger partial charge in [-0.2, -0.15) is 5.26 Å². The molecule has 0 amide bonds. The van der Waals surface area contributed by atoms with Gasteiger partial charge < -0.3 is 4.90 Å². The van der Waals surface area contributed by atoms with Gasteiger partial charge in [-0.1, -0.05) is 26.2 Å². The minimum Gasteiger partial charge on any atom is -0.303 e. The molecule has 2 aliphatic rings. The highest BCUT2D eigenvalue weighted by atomic mass is 15.1. The van der Waals surface area contributed by atoms with Crippen LogP contribution in [0.2, 0.25) is 0 Å². The fraction of sp³-hybridized carbons (Fsp3) is 0.941. The number of likely N-dealkylation sites (tertiary alicyclic amines) is 1. The molecular weight excluding hydrogens is 246 g/mol. The van der Waals surface area contributed by atoms with E-state index in [9.17, 15) is 5.26 Å². The summed E-state index contributed by atoms with van der Waals surface area (Å²) < 4.78 is 0. The van der Waals surface area contributed by atoms with Gasteiger partial charge >= 0.3 is 0 Å². The molecule has 2 fully saturated rings. The largest absolute Gasteiger partial charge is 0.303 e. The van der Waals surface area contributed by atoms with Crippen molar-refractivity contribution in [1.82, 2.24) is 10.2 Å². The third-order valence-corrected chi connectivity index (χ3v) is 5.32. The Morgan fingerprint density at radius 2 is 2.00 bits per heavy atom. The van der Waals surface area contributed by atoms with Crippen molar-refractivity contribution in [2.45, 2.75) is 64.3 Å². The van der Waals surface area contributed by atoms with E-state index in [1.807, 2.05) is 0 Å². The molecule has 114 valence electrons. The maximum Gasteiger partial charge on any atom is 0.105 e. The highest BCUT2D eigenvalue weighted by molar-refractivity contribution is 5.04. The van der Waals surface area contributed by atoms with Gasteiger partial charge in [0, 0.05) is 13.1 Å². The summed E-state index contributed by atoms with van der Waals surface area (Å²) in [5, 5.41) is 12.8. The van der Waals surface area contributed by atoms with E-state index in [0.29, 0.717) is 0 Å². The van der Waals surface area contributed by atoms with Gasteiger partial charge in [-0.05, 0) is 57.5 Å². The molecule has 0 spiro atoms. The summed E-state index contributed by atoms with van der Waals surface area (Å²) in [6.45, 7) is 8.74. The Hall–Kier alpha value is -0.590. The number of nitriles is 1. The molecule has 1 N–H and O–H groups in total. The molecule has 0 aromatic rings. The predicted octanol–water partition coefficient (Wildman–Crippen LogP) is 3.17. The lowest BCUT2D eigenvalue weighted by molar-refractivity contribution is 0.0823. The summed E-state index contributed by atoms with van der Waals surface area (Å²) in [7, 11) is 0. The second-order valence-corrected chi connectivity index (χ2v) is 7.01. The Kier molecular flexibility index (Phi) is 5.86. The second kappa shape index (κ2) is 7.43. The molecular formula is C17H31N3. The molecule has 0 aromatic heterocycles. The van der Waals surface area contributed by atoms with Crippen LogP contribution in [0.25, 0.3) is 0 Å². The number of piperidine rings is 1. The topological polar surface area (TPSA) is 39.1 Å². The van der Waals surface area contributed by atoms with Crippen LogP contribution in [0.4, 0.5) is 0 Å². The predicted molar refractivity (Wildman–Crippen MR) is 83.4 cm³/mol. The van der Waals surface area contributed by atoms with Crippen molar-refractivity contribution in [2.75, 3.05) is 26.2 Å². The van der Waals surface area contributed by atoms with Crippen molar-refractivity contribution >= 4 is 0 Å². The van der Waals surface area contributed by atoms with Crippen LogP contribution < -0.4 is 5.32 Å². The van der Waals surface area contributed by atoms with Gasteiger partial charge in [-0.25, -0.2) is 0 Å². The first-order valence-corrected chi connectivity index (χ1v) is 8.55. The summed E-state index contributed by atoms with van der Waals surface area (Å²) >= 11 is 0. The van der Waals surface area contributed by atoms with E-state index in [2.05, 4.69) is 30.1 Å². The van der Waals surface area contributed by atoms with Gasteiger partial charge in [0.1, 0.15) is 5.54 Å². The Morgan fingerprint density at radius 1 is 1.25 bits per heavy atom. The first kappa shape index (κ1) is 15.8. The Bertz CT molecular complexity index is 336. The van der Waals surface area contributed by atoms with Gasteiger partial charge in [0.05, 0.1) is 6.07 Å². The summed E-state index contributed by atoms with van der Waals surface area (Å²) in [5.74, 6) is 1.94. The zero-order chi connectivity index (χ0) is 14.4. The van der Waals surface area contributed by atoms with Gasteiger partial charge in [0.2, 0.25) is 0 Å². The van der Waals surface area contributed by atoms with Crippen molar-refractivity contribution in [3.05, 3.63) is 0 Å². The first-order chi connectivity index (χ1) is 9.67. The molecule has 3 nitrogen and oxygen atoms in total. The smallest absolute Gasteiger partial charge is 0.105 e. The average Bonchev–Trinajstić information content (AvgIpc) is 2.51. The molecule has 1 aliphatic heterocycles. The Morgan fingerprint density at radius 3 is 2.70 bits per heavy atom. The number of fused-ring (bicyclic) bond motifs is 1. The van der Waals surface area contributed by atoms with Gasteiger partial charge in [0.15, 0.2) is 0 Å². The van der Waals surface area contributed by atoms with Gasteiger partial charge in [-0.15, -0.1) is 0 Å². The van der Waals surface area contributed by atoms with Crippen LogP contribution in [-0.4, -0.2) is 36.6 Å². The van der Waals surface area contributed by atoms with Crippen LogP contribution in [0.3, 0.4) is 0 Å². The Balaban J connectivity index is 1.77.